The Morgan fingerprint density at radius 1 is 1.47 bits per heavy atom. The molecule has 0 unspecified atom stereocenters. The summed E-state index contributed by atoms with van der Waals surface area (Å²) in [4.78, 5) is 11.8. The van der Waals surface area contributed by atoms with Crippen LogP contribution in [0.15, 0.2) is 28.1 Å². The highest BCUT2D eigenvalue weighted by molar-refractivity contribution is 9.10. The highest BCUT2D eigenvalue weighted by Crippen LogP contribution is 2.32. The topological polar surface area (TPSA) is 17.1 Å². The van der Waals surface area contributed by atoms with Gasteiger partial charge in [0.1, 0.15) is 0 Å². The Labute approximate surface area is 101 Å². The Kier molecular flexibility index (Phi) is 3.22. The first-order valence-electron chi connectivity index (χ1n) is 4.93. The van der Waals surface area contributed by atoms with E-state index >= 15 is 0 Å². The number of benzene rings is 1. The molecule has 15 heavy (non-hydrogen) atoms. The summed E-state index contributed by atoms with van der Waals surface area (Å²) in [7, 11) is 0. The number of carbonyl (C=O) groups is 1. The first-order chi connectivity index (χ1) is 7.24. The van der Waals surface area contributed by atoms with Gasteiger partial charge in [-0.2, -0.15) is 0 Å². The second-order valence-electron chi connectivity index (χ2n) is 3.44. The minimum absolute atomic E-state index is 0.252. The predicted molar refractivity (Wildman–Crippen MR) is 68.8 cm³/mol. The van der Waals surface area contributed by atoms with Gasteiger partial charge in [-0.3, -0.25) is 4.79 Å². The molecule has 0 bridgehead atoms. The second-order valence-corrected chi connectivity index (χ2v) is 5.17. The van der Waals surface area contributed by atoms with E-state index in [0.29, 0.717) is 6.42 Å². The number of rotatable bonds is 3. The summed E-state index contributed by atoms with van der Waals surface area (Å²) in [5.41, 5.74) is 0.873. The van der Waals surface area contributed by atoms with E-state index in [2.05, 4.69) is 15.9 Å². The maximum atomic E-state index is 11.8. The molecule has 0 aliphatic heterocycles. The lowest BCUT2D eigenvalue weighted by molar-refractivity contribution is 0.0983. The van der Waals surface area contributed by atoms with Crippen molar-refractivity contribution in [2.24, 2.45) is 0 Å². The number of carbonyl (C=O) groups excluding carboxylic acids is 1. The number of thiophene rings is 1. The molecular formula is C12H11BrOS. The van der Waals surface area contributed by atoms with Crippen LogP contribution in [0.4, 0.5) is 0 Å². The SMILES string of the molecule is CCCC(=O)c1csc2c(Br)cccc12. The Balaban J connectivity index is 2.54. The van der Waals surface area contributed by atoms with Crippen molar-refractivity contribution in [3.63, 3.8) is 0 Å². The van der Waals surface area contributed by atoms with Crippen LogP contribution in [-0.2, 0) is 0 Å². The van der Waals surface area contributed by atoms with Crippen molar-refractivity contribution in [3.05, 3.63) is 33.6 Å². The lowest BCUT2D eigenvalue weighted by Crippen LogP contribution is -1.95. The molecule has 2 aromatic rings. The molecule has 1 aromatic heterocycles. The standard InChI is InChI=1S/C12H11BrOS/c1-2-4-11(14)9-7-15-12-8(9)5-3-6-10(12)13/h3,5-7H,2,4H2,1H3. The summed E-state index contributed by atoms with van der Waals surface area (Å²) in [5, 5.41) is 3.04. The minimum Gasteiger partial charge on any atom is -0.294 e. The second kappa shape index (κ2) is 4.45. The molecule has 0 spiro atoms. The third-order valence-electron chi connectivity index (χ3n) is 2.33. The van der Waals surface area contributed by atoms with Gasteiger partial charge < -0.3 is 0 Å². The van der Waals surface area contributed by atoms with Crippen molar-refractivity contribution < 1.29 is 4.79 Å². The van der Waals surface area contributed by atoms with E-state index in [4.69, 9.17) is 0 Å². The molecule has 1 nitrogen and oxygen atoms in total. The van der Waals surface area contributed by atoms with Gasteiger partial charge in [0.15, 0.2) is 5.78 Å². The molecule has 0 N–H and O–H groups in total. The zero-order valence-corrected chi connectivity index (χ0v) is 10.8. The highest BCUT2D eigenvalue weighted by atomic mass is 79.9. The van der Waals surface area contributed by atoms with E-state index in [1.807, 2.05) is 30.5 Å². The molecule has 0 radical (unpaired) electrons. The van der Waals surface area contributed by atoms with E-state index in [1.165, 1.54) is 0 Å². The summed E-state index contributed by atoms with van der Waals surface area (Å²) in [6.07, 6.45) is 1.54. The molecule has 0 amide bonds. The highest BCUT2D eigenvalue weighted by Gasteiger charge is 2.12. The van der Waals surface area contributed by atoms with E-state index in [1.54, 1.807) is 11.3 Å². The average molecular weight is 283 g/mol. The Bertz CT molecular complexity index is 501. The quantitative estimate of drug-likeness (QED) is 0.749. The van der Waals surface area contributed by atoms with Crippen LogP contribution < -0.4 is 0 Å². The molecule has 0 aliphatic rings. The van der Waals surface area contributed by atoms with Crippen LogP contribution >= 0.6 is 27.3 Å². The third kappa shape index (κ3) is 1.99. The molecule has 1 aromatic carbocycles. The van der Waals surface area contributed by atoms with Gasteiger partial charge in [-0.15, -0.1) is 11.3 Å². The van der Waals surface area contributed by atoms with Crippen molar-refractivity contribution in [2.45, 2.75) is 19.8 Å². The Morgan fingerprint density at radius 3 is 3.00 bits per heavy atom. The molecule has 0 saturated carbocycles. The van der Waals surface area contributed by atoms with Crippen LogP contribution in [-0.4, -0.2) is 5.78 Å². The van der Waals surface area contributed by atoms with Crippen molar-refractivity contribution >= 4 is 43.1 Å². The van der Waals surface area contributed by atoms with Gasteiger partial charge in [-0.25, -0.2) is 0 Å². The zero-order chi connectivity index (χ0) is 10.8. The Hall–Kier alpha value is -0.670. The summed E-state index contributed by atoms with van der Waals surface area (Å²) in [5.74, 6) is 0.252. The van der Waals surface area contributed by atoms with Gasteiger partial charge in [0.05, 0.1) is 0 Å². The molecule has 2 rings (SSSR count). The van der Waals surface area contributed by atoms with E-state index in [-0.39, 0.29) is 5.78 Å². The number of fused-ring (bicyclic) bond motifs is 1. The van der Waals surface area contributed by atoms with Gasteiger partial charge in [0.2, 0.25) is 0 Å². The van der Waals surface area contributed by atoms with Crippen LogP contribution in [0.3, 0.4) is 0 Å². The molecule has 3 heteroatoms. The molecule has 0 fully saturated rings. The number of hydrogen-bond acceptors (Lipinski definition) is 2. The van der Waals surface area contributed by atoms with Gasteiger partial charge in [0, 0.05) is 31.9 Å². The summed E-state index contributed by atoms with van der Waals surface area (Å²) < 4.78 is 2.23. The van der Waals surface area contributed by atoms with Gasteiger partial charge >= 0.3 is 0 Å². The molecule has 0 atom stereocenters. The number of Topliss-reactive ketones (excluding diaryl/α,β-unsaturated/α-hetero) is 1. The van der Waals surface area contributed by atoms with Crippen molar-refractivity contribution in [1.82, 2.24) is 0 Å². The predicted octanol–water partition coefficient (Wildman–Crippen LogP) is 4.65. The summed E-state index contributed by atoms with van der Waals surface area (Å²) in [6.45, 7) is 2.03. The van der Waals surface area contributed by atoms with Crippen molar-refractivity contribution in [2.75, 3.05) is 0 Å². The van der Waals surface area contributed by atoms with Gasteiger partial charge in [0.25, 0.3) is 0 Å². The number of hydrogen-bond donors (Lipinski definition) is 0. The fourth-order valence-electron chi connectivity index (χ4n) is 1.60. The zero-order valence-electron chi connectivity index (χ0n) is 8.42. The molecular weight excluding hydrogens is 272 g/mol. The van der Waals surface area contributed by atoms with Gasteiger partial charge in [-0.1, -0.05) is 19.1 Å². The average Bonchev–Trinajstić information content (AvgIpc) is 2.63. The maximum Gasteiger partial charge on any atom is 0.164 e. The lowest BCUT2D eigenvalue weighted by atomic mass is 10.1. The fraction of sp³-hybridized carbons (Fsp3) is 0.250. The summed E-state index contributed by atoms with van der Waals surface area (Å²) >= 11 is 5.12. The monoisotopic (exact) mass is 282 g/mol. The van der Waals surface area contributed by atoms with Crippen molar-refractivity contribution in [1.29, 1.82) is 0 Å². The van der Waals surface area contributed by atoms with Crippen molar-refractivity contribution in [3.8, 4) is 0 Å². The smallest absolute Gasteiger partial charge is 0.164 e. The molecule has 0 saturated heterocycles. The van der Waals surface area contributed by atoms with Crippen LogP contribution in [0.2, 0.25) is 0 Å². The lowest BCUT2D eigenvalue weighted by Gasteiger charge is -1.97. The van der Waals surface area contributed by atoms with E-state index in [9.17, 15) is 4.79 Å². The fourth-order valence-corrected chi connectivity index (χ4v) is 3.23. The first kappa shape index (κ1) is 10.8. The van der Waals surface area contributed by atoms with E-state index < -0.39 is 0 Å². The van der Waals surface area contributed by atoms with E-state index in [0.717, 1.165) is 26.5 Å². The molecule has 78 valence electrons. The van der Waals surface area contributed by atoms with Crippen LogP contribution in [0.1, 0.15) is 30.1 Å². The molecule has 1 heterocycles. The number of ketones is 1. The molecule has 0 aliphatic carbocycles. The largest absolute Gasteiger partial charge is 0.294 e. The maximum absolute atomic E-state index is 11.8. The first-order valence-corrected chi connectivity index (χ1v) is 6.60. The van der Waals surface area contributed by atoms with Crippen LogP contribution in [0.5, 0.6) is 0 Å². The minimum atomic E-state index is 0.252. The normalized spacial score (nSPS) is 10.8. The summed E-state index contributed by atoms with van der Waals surface area (Å²) in [6, 6.07) is 5.99. The van der Waals surface area contributed by atoms with Gasteiger partial charge in [-0.05, 0) is 28.4 Å². The van der Waals surface area contributed by atoms with Crippen LogP contribution in [0, 0.1) is 0 Å². The number of halogens is 1. The third-order valence-corrected chi connectivity index (χ3v) is 4.28. The Morgan fingerprint density at radius 2 is 2.27 bits per heavy atom. The van der Waals surface area contributed by atoms with Crippen LogP contribution in [0.25, 0.3) is 10.1 Å².